The van der Waals surface area contributed by atoms with E-state index in [1.165, 1.54) is 6.07 Å². The number of carbonyl (C=O) groups is 1. The first kappa shape index (κ1) is 10.4. The van der Waals surface area contributed by atoms with Gasteiger partial charge in [0.15, 0.2) is 0 Å². The van der Waals surface area contributed by atoms with Gasteiger partial charge in [-0.3, -0.25) is 4.98 Å². The number of carboxylic acids is 1. The highest BCUT2D eigenvalue weighted by Gasteiger charge is 2.04. The van der Waals surface area contributed by atoms with Crippen molar-refractivity contribution in [2.45, 2.75) is 0 Å². The second-order valence-corrected chi connectivity index (χ2v) is 2.54. The molecule has 0 fully saturated rings. The molecule has 0 bridgehead atoms. The van der Waals surface area contributed by atoms with Crippen molar-refractivity contribution >= 4 is 29.4 Å². The molecule has 0 aromatic carbocycles. The average molecular weight is 211 g/mol. The molecule has 0 aliphatic rings. The Balaban J connectivity index is 0.000000980. The summed E-state index contributed by atoms with van der Waals surface area (Å²) in [6, 6.07) is 6.54. The molecule has 4 nitrogen and oxygen atoms in total. The summed E-state index contributed by atoms with van der Waals surface area (Å²) in [6.45, 7) is 0. The Hall–Kier alpha value is -1.68. The second kappa shape index (κ2) is 4.02. The molecule has 0 amide bonds. The molecule has 0 aliphatic heterocycles. The number of nitrogens with zero attached hydrogens (tertiary/aromatic N) is 2. The van der Waals surface area contributed by atoms with Gasteiger partial charge in [0, 0.05) is 6.20 Å². The molecule has 72 valence electrons. The fourth-order valence-electron chi connectivity index (χ4n) is 1.08. The van der Waals surface area contributed by atoms with Crippen LogP contribution in [-0.4, -0.2) is 21.0 Å². The van der Waals surface area contributed by atoms with Crippen LogP contribution in [0.15, 0.2) is 30.5 Å². The number of fused-ring (bicyclic) bond motifs is 1. The van der Waals surface area contributed by atoms with Gasteiger partial charge in [0.2, 0.25) is 0 Å². The fourth-order valence-corrected chi connectivity index (χ4v) is 1.08. The van der Waals surface area contributed by atoms with E-state index >= 15 is 0 Å². The maximum Gasteiger partial charge on any atom is 0.354 e. The van der Waals surface area contributed by atoms with Crippen molar-refractivity contribution in [3.05, 3.63) is 36.2 Å². The summed E-state index contributed by atoms with van der Waals surface area (Å²) in [4.78, 5) is 18.5. The van der Waals surface area contributed by atoms with E-state index in [2.05, 4.69) is 9.97 Å². The average Bonchev–Trinajstić information content (AvgIpc) is 2.17. The van der Waals surface area contributed by atoms with Crippen molar-refractivity contribution in [3.8, 4) is 0 Å². The van der Waals surface area contributed by atoms with Gasteiger partial charge < -0.3 is 5.11 Å². The van der Waals surface area contributed by atoms with Crippen LogP contribution in [-0.2, 0) is 0 Å². The summed E-state index contributed by atoms with van der Waals surface area (Å²) < 4.78 is 0. The Kier molecular flexibility index (Phi) is 2.99. The standard InChI is InChI=1S/C9H6N2O2.ClH/c12-9(13)8-4-3-6-7(11-8)2-1-5-10-6;/h1-5H,(H,12,13);1H. The second-order valence-electron chi connectivity index (χ2n) is 2.54. The van der Waals surface area contributed by atoms with E-state index in [0.717, 1.165) is 0 Å². The van der Waals surface area contributed by atoms with E-state index in [1.54, 1.807) is 24.4 Å². The molecule has 0 radical (unpaired) electrons. The Morgan fingerprint density at radius 1 is 1.21 bits per heavy atom. The van der Waals surface area contributed by atoms with Crippen molar-refractivity contribution in [1.82, 2.24) is 9.97 Å². The quantitative estimate of drug-likeness (QED) is 0.779. The predicted molar refractivity (Wildman–Crippen MR) is 53.7 cm³/mol. The summed E-state index contributed by atoms with van der Waals surface area (Å²) in [5, 5.41) is 8.66. The summed E-state index contributed by atoms with van der Waals surface area (Å²) in [7, 11) is 0. The van der Waals surface area contributed by atoms with E-state index < -0.39 is 5.97 Å². The van der Waals surface area contributed by atoms with E-state index in [4.69, 9.17) is 5.11 Å². The third-order valence-corrected chi connectivity index (χ3v) is 1.68. The first-order valence-electron chi connectivity index (χ1n) is 3.72. The number of pyridine rings is 2. The molecule has 0 unspecified atom stereocenters. The summed E-state index contributed by atoms with van der Waals surface area (Å²) >= 11 is 0. The van der Waals surface area contributed by atoms with Crippen LogP contribution in [0.3, 0.4) is 0 Å². The van der Waals surface area contributed by atoms with Crippen LogP contribution in [0.1, 0.15) is 10.5 Å². The molecule has 2 aromatic heterocycles. The third kappa shape index (κ3) is 1.80. The molecule has 0 spiro atoms. The lowest BCUT2D eigenvalue weighted by Gasteiger charge is -1.96. The summed E-state index contributed by atoms with van der Waals surface area (Å²) in [5.41, 5.74) is 1.34. The zero-order chi connectivity index (χ0) is 9.26. The smallest absolute Gasteiger partial charge is 0.354 e. The highest BCUT2D eigenvalue weighted by atomic mass is 35.5. The van der Waals surface area contributed by atoms with E-state index in [9.17, 15) is 4.79 Å². The minimum absolute atomic E-state index is 0. The Morgan fingerprint density at radius 2 is 2.00 bits per heavy atom. The number of carboxylic acid groups (broad SMARTS) is 1. The first-order chi connectivity index (χ1) is 6.27. The number of hydrogen-bond donors (Lipinski definition) is 1. The number of halogens is 1. The highest BCUT2D eigenvalue weighted by Crippen LogP contribution is 2.08. The minimum atomic E-state index is -1.02. The van der Waals surface area contributed by atoms with Crippen molar-refractivity contribution in [2.75, 3.05) is 0 Å². The van der Waals surface area contributed by atoms with Crippen molar-refractivity contribution in [2.24, 2.45) is 0 Å². The molecule has 2 aromatic rings. The van der Waals surface area contributed by atoms with E-state index in [-0.39, 0.29) is 18.1 Å². The third-order valence-electron chi connectivity index (χ3n) is 1.68. The van der Waals surface area contributed by atoms with Gasteiger partial charge in [-0.1, -0.05) is 0 Å². The molecular weight excluding hydrogens is 204 g/mol. The lowest BCUT2D eigenvalue weighted by atomic mass is 10.3. The van der Waals surface area contributed by atoms with Crippen molar-refractivity contribution in [3.63, 3.8) is 0 Å². The van der Waals surface area contributed by atoms with Gasteiger partial charge in [-0.25, -0.2) is 9.78 Å². The van der Waals surface area contributed by atoms with Gasteiger partial charge in [0.1, 0.15) is 5.69 Å². The monoisotopic (exact) mass is 210 g/mol. The van der Waals surface area contributed by atoms with Crippen LogP contribution in [0.2, 0.25) is 0 Å². The molecule has 1 N–H and O–H groups in total. The van der Waals surface area contributed by atoms with Crippen LogP contribution < -0.4 is 0 Å². The van der Waals surface area contributed by atoms with Gasteiger partial charge in [-0.2, -0.15) is 0 Å². The molecule has 2 heterocycles. The number of aromatic nitrogens is 2. The van der Waals surface area contributed by atoms with Crippen LogP contribution in [0, 0.1) is 0 Å². The molecule has 0 saturated heterocycles. The normalized spacial score (nSPS) is 9.43. The van der Waals surface area contributed by atoms with Gasteiger partial charge in [0.25, 0.3) is 0 Å². The summed E-state index contributed by atoms with van der Waals surface area (Å²) in [6.07, 6.45) is 1.64. The van der Waals surface area contributed by atoms with Crippen molar-refractivity contribution < 1.29 is 9.90 Å². The molecule has 5 heteroatoms. The maximum atomic E-state index is 10.6. The maximum absolute atomic E-state index is 10.6. The molecule has 14 heavy (non-hydrogen) atoms. The SMILES string of the molecule is Cl.O=C(O)c1ccc2ncccc2n1. The van der Waals surface area contributed by atoms with Gasteiger partial charge in [-0.15, -0.1) is 12.4 Å². The first-order valence-corrected chi connectivity index (χ1v) is 3.72. The molecule has 0 aliphatic carbocycles. The largest absolute Gasteiger partial charge is 0.477 e. The van der Waals surface area contributed by atoms with Gasteiger partial charge in [-0.05, 0) is 24.3 Å². The van der Waals surface area contributed by atoms with Gasteiger partial charge in [0.05, 0.1) is 11.0 Å². The predicted octanol–water partition coefficient (Wildman–Crippen LogP) is 1.75. The lowest BCUT2D eigenvalue weighted by Crippen LogP contribution is -1.99. The fraction of sp³-hybridized carbons (Fsp3) is 0. The summed E-state index contributed by atoms with van der Waals surface area (Å²) in [5.74, 6) is -1.02. The number of rotatable bonds is 1. The Bertz CT molecular complexity index is 473. The number of aromatic carboxylic acids is 1. The van der Waals surface area contributed by atoms with Crippen LogP contribution >= 0.6 is 12.4 Å². The zero-order valence-electron chi connectivity index (χ0n) is 7.04. The Morgan fingerprint density at radius 3 is 2.71 bits per heavy atom. The van der Waals surface area contributed by atoms with Crippen molar-refractivity contribution in [1.29, 1.82) is 0 Å². The topological polar surface area (TPSA) is 63.1 Å². The van der Waals surface area contributed by atoms with E-state index in [1.807, 2.05) is 0 Å². The van der Waals surface area contributed by atoms with Crippen LogP contribution in [0.5, 0.6) is 0 Å². The van der Waals surface area contributed by atoms with Crippen LogP contribution in [0.4, 0.5) is 0 Å². The highest BCUT2D eigenvalue weighted by molar-refractivity contribution is 5.88. The minimum Gasteiger partial charge on any atom is -0.477 e. The lowest BCUT2D eigenvalue weighted by molar-refractivity contribution is 0.0691. The zero-order valence-corrected chi connectivity index (χ0v) is 7.86. The van der Waals surface area contributed by atoms with Crippen LogP contribution in [0.25, 0.3) is 11.0 Å². The molecule has 2 rings (SSSR count). The molecular formula is C9H7ClN2O2. The molecule has 0 atom stereocenters. The van der Waals surface area contributed by atoms with E-state index in [0.29, 0.717) is 11.0 Å². The number of hydrogen-bond acceptors (Lipinski definition) is 3. The van der Waals surface area contributed by atoms with Gasteiger partial charge >= 0.3 is 5.97 Å². The Labute approximate surface area is 86.0 Å². The molecule has 0 saturated carbocycles.